The third kappa shape index (κ3) is 3.69. The molecule has 2 aromatic rings. The molecule has 1 unspecified atom stereocenters. The zero-order valence-corrected chi connectivity index (χ0v) is 15.2. The smallest absolute Gasteiger partial charge is 0.220 e. The fourth-order valence-corrected chi connectivity index (χ4v) is 3.76. The number of ether oxygens (including phenoxy) is 2. The summed E-state index contributed by atoms with van der Waals surface area (Å²) in [5.74, 6) is 1.64. The minimum atomic E-state index is 0.0358. The van der Waals surface area contributed by atoms with E-state index in [1.807, 2.05) is 18.2 Å². The minimum Gasteiger partial charge on any atom is -0.486 e. The van der Waals surface area contributed by atoms with E-state index in [1.54, 1.807) is 0 Å². The van der Waals surface area contributed by atoms with Gasteiger partial charge in [-0.1, -0.05) is 24.3 Å². The maximum atomic E-state index is 12.4. The van der Waals surface area contributed by atoms with Crippen LogP contribution in [0.1, 0.15) is 48.1 Å². The van der Waals surface area contributed by atoms with Gasteiger partial charge in [0.2, 0.25) is 5.91 Å². The quantitative estimate of drug-likeness (QED) is 0.892. The number of nitrogens with one attached hydrogen (secondary N) is 1. The van der Waals surface area contributed by atoms with Crippen molar-refractivity contribution in [3.63, 3.8) is 0 Å². The first-order valence-corrected chi connectivity index (χ1v) is 9.48. The van der Waals surface area contributed by atoms with Crippen molar-refractivity contribution in [1.29, 1.82) is 0 Å². The van der Waals surface area contributed by atoms with Gasteiger partial charge < -0.3 is 14.8 Å². The third-order valence-corrected chi connectivity index (χ3v) is 5.25. The van der Waals surface area contributed by atoms with Crippen LogP contribution in [0.2, 0.25) is 0 Å². The van der Waals surface area contributed by atoms with Gasteiger partial charge in [-0.05, 0) is 67.0 Å². The number of carbonyl (C=O) groups is 1. The monoisotopic (exact) mass is 351 g/mol. The lowest BCUT2D eigenvalue weighted by Gasteiger charge is -2.19. The van der Waals surface area contributed by atoms with Crippen LogP contribution in [0, 0.1) is 0 Å². The zero-order chi connectivity index (χ0) is 17.9. The van der Waals surface area contributed by atoms with Crippen molar-refractivity contribution < 1.29 is 14.3 Å². The summed E-state index contributed by atoms with van der Waals surface area (Å²) < 4.78 is 11.1. The predicted octanol–water partition coefficient (Wildman–Crippen LogP) is 3.76. The summed E-state index contributed by atoms with van der Waals surface area (Å²) in [5, 5.41) is 3.13. The van der Waals surface area contributed by atoms with E-state index in [2.05, 4.69) is 30.4 Å². The van der Waals surface area contributed by atoms with Crippen LogP contribution in [0.15, 0.2) is 36.4 Å². The topological polar surface area (TPSA) is 47.6 Å². The van der Waals surface area contributed by atoms with E-state index < -0.39 is 0 Å². The molecule has 4 nitrogen and oxygen atoms in total. The molecule has 1 heterocycles. The average Bonchev–Trinajstić information content (AvgIpc) is 3.14. The Kier molecular flexibility index (Phi) is 4.83. The zero-order valence-electron chi connectivity index (χ0n) is 15.2. The van der Waals surface area contributed by atoms with Gasteiger partial charge in [0.05, 0.1) is 6.04 Å². The molecule has 0 radical (unpaired) electrons. The predicted molar refractivity (Wildman–Crippen MR) is 101 cm³/mol. The van der Waals surface area contributed by atoms with Crippen LogP contribution in [0.4, 0.5) is 0 Å². The summed E-state index contributed by atoms with van der Waals surface area (Å²) in [7, 11) is 0. The Hall–Kier alpha value is -2.49. The van der Waals surface area contributed by atoms with Crippen molar-refractivity contribution in [2.45, 2.75) is 45.1 Å². The number of rotatable bonds is 5. The number of carbonyl (C=O) groups excluding carboxylic acids is 1. The van der Waals surface area contributed by atoms with Gasteiger partial charge in [-0.3, -0.25) is 4.79 Å². The first-order chi connectivity index (χ1) is 12.7. The maximum absolute atomic E-state index is 12.4. The molecule has 136 valence electrons. The largest absolute Gasteiger partial charge is 0.486 e. The molecule has 0 bridgehead atoms. The van der Waals surface area contributed by atoms with Crippen LogP contribution < -0.4 is 14.8 Å². The van der Waals surface area contributed by atoms with Crippen LogP contribution in [-0.4, -0.2) is 19.1 Å². The van der Waals surface area contributed by atoms with Crippen molar-refractivity contribution in [2.75, 3.05) is 13.2 Å². The van der Waals surface area contributed by atoms with Crippen LogP contribution in [-0.2, 0) is 24.1 Å². The van der Waals surface area contributed by atoms with Gasteiger partial charge in [0.1, 0.15) is 13.2 Å². The highest BCUT2D eigenvalue weighted by molar-refractivity contribution is 5.76. The van der Waals surface area contributed by atoms with Crippen LogP contribution in [0.3, 0.4) is 0 Å². The Morgan fingerprint density at radius 1 is 1.04 bits per heavy atom. The number of benzene rings is 2. The van der Waals surface area contributed by atoms with E-state index in [9.17, 15) is 4.79 Å². The van der Waals surface area contributed by atoms with Crippen molar-refractivity contribution in [2.24, 2.45) is 0 Å². The average molecular weight is 351 g/mol. The molecule has 0 saturated heterocycles. The molecular formula is C22H25NO3. The van der Waals surface area contributed by atoms with Crippen molar-refractivity contribution in [1.82, 2.24) is 5.32 Å². The Balaban J connectivity index is 1.32. The lowest BCUT2D eigenvalue weighted by Crippen LogP contribution is -2.26. The van der Waals surface area contributed by atoms with Gasteiger partial charge in [0.25, 0.3) is 0 Å². The van der Waals surface area contributed by atoms with Gasteiger partial charge in [0, 0.05) is 6.42 Å². The molecule has 1 amide bonds. The van der Waals surface area contributed by atoms with Crippen molar-refractivity contribution >= 4 is 5.91 Å². The second kappa shape index (κ2) is 7.40. The highest BCUT2D eigenvalue weighted by Crippen LogP contribution is 2.31. The molecule has 2 aliphatic rings. The minimum absolute atomic E-state index is 0.0358. The SMILES string of the molecule is CC(NC(=O)CCc1ccc2c(c1)OCCO2)c1ccc2c(c1)CCC2. The molecule has 0 fully saturated rings. The third-order valence-electron chi connectivity index (χ3n) is 5.25. The van der Waals surface area contributed by atoms with Crippen molar-refractivity contribution in [3.8, 4) is 11.5 Å². The highest BCUT2D eigenvalue weighted by atomic mass is 16.6. The molecule has 4 rings (SSSR count). The second-order valence-electron chi connectivity index (χ2n) is 7.15. The van der Waals surface area contributed by atoms with Gasteiger partial charge >= 0.3 is 0 Å². The fraction of sp³-hybridized carbons (Fsp3) is 0.409. The molecule has 0 saturated carbocycles. The summed E-state index contributed by atoms with van der Waals surface area (Å²) in [6, 6.07) is 12.6. The Morgan fingerprint density at radius 2 is 1.85 bits per heavy atom. The van der Waals surface area contributed by atoms with Gasteiger partial charge in [-0.15, -0.1) is 0 Å². The standard InChI is InChI=1S/C22H25NO3/c1-15(18-8-7-17-3-2-4-19(17)14-18)23-22(24)10-6-16-5-9-20-21(13-16)26-12-11-25-20/h5,7-9,13-15H,2-4,6,10-12H2,1H3,(H,23,24). The number of hydrogen-bond acceptors (Lipinski definition) is 3. The Bertz CT molecular complexity index is 815. The molecule has 4 heteroatoms. The molecule has 2 aromatic carbocycles. The fourth-order valence-electron chi connectivity index (χ4n) is 3.76. The first kappa shape index (κ1) is 17.0. The van der Waals surface area contributed by atoms with Crippen LogP contribution >= 0.6 is 0 Å². The summed E-state index contributed by atoms with van der Waals surface area (Å²) in [6.45, 7) is 3.23. The molecule has 1 N–H and O–H groups in total. The summed E-state index contributed by atoms with van der Waals surface area (Å²) >= 11 is 0. The van der Waals surface area contributed by atoms with Gasteiger partial charge in [-0.2, -0.15) is 0 Å². The summed E-state index contributed by atoms with van der Waals surface area (Å²) in [6.07, 6.45) is 4.75. The summed E-state index contributed by atoms with van der Waals surface area (Å²) in [5.41, 5.74) is 5.19. The van der Waals surface area contributed by atoms with E-state index in [1.165, 1.54) is 29.5 Å². The maximum Gasteiger partial charge on any atom is 0.220 e. The number of hydrogen-bond donors (Lipinski definition) is 1. The molecule has 26 heavy (non-hydrogen) atoms. The van der Waals surface area contributed by atoms with Gasteiger partial charge in [-0.25, -0.2) is 0 Å². The molecule has 0 spiro atoms. The normalized spacial score (nSPS) is 16.0. The van der Waals surface area contributed by atoms with Crippen LogP contribution in [0.5, 0.6) is 11.5 Å². The van der Waals surface area contributed by atoms with E-state index in [0.29, 0.717) is 26.1 Å². The first-order valence-electron chi connectivity index (χ1n) is 9.48. The van der Waals surface area contributed by atoms with Gasteiger partial charge in [0.15, 0.2) is 11.5 Å². The number of fused-ring (bicyclic) bond motifs is 2. The molecule has 1 aliphatic heterocycles. The van der Waals surface area contributed by atoms with E-state index >= 15 is 0 Å². The van der Waals surface area contributed by atoms with Crippen molar-refractivity contribution in [3.05, 3.63) is 58.7 Å². The number of aryl methyl sites for hydroxylation is 3. The molecule has 1 atom stereocenters. The molecule has 0 aromatic heterocycles. The summed E-state index contributed by atoms with van der Waals surface area (Å²) in [4.78, 5) is 12.4. The molecular weight excluding hydrogens is 326 g/mol. The van der Waals surface area contributed by atoms with E-state index in [0.717, 1.165) is 23.5 Å². The molecule has 1 aliphatic carbocycles. The lowest BCUT2D eigenvalue weighted by molar-refractivity contribution is -0.121. The Labute approximate surface area is 154 Å². The highest BCUT2D eigenvalue weighted by Gasteiger charge is 2.16. The Morgan fingerprint density at radius 3 is 2.73 bits per heavy atom. The number of amides is 1. The van der Waals surface area contributed by atoms with E-state index in [-0.39, 0.29) is 11.9 Å². The second-order valence-corrected chi connectivity index (χ2v) is 7.15. The van der Waals surface area contributed by atoms with E-state index in [4.69, 9.17) is 9.47 Å². The van der Waals surface area contributed by atoms with Crippen LogP contribution in [0.25, 0.3) is 0 Å². The lowest BCUT2D eigenvalue weighted by atomic mass is 10.0.